The van der Waals surface area contributed by atoms with Gasteiger partial charge in [-0.25, -0.2) is 9.97 Å². The Bertz CT molecular complexity index is 690. The Morgan fingerprint density at radius 2 is 1.96 bits per heavy atom. The SMILES string of the molecule is CN(C)c1ccnc(N2CCC3CCN(c4cnccn4)CC32)n1. The third-order valence-corrected chi connectivity index (χ3v) is 5.08. The highest BCUT2D eigenvalue weighted by Crippen LogP contribution is 2.35. The lowest BCUT2D eigenvalue weighted by Gasteiger charge is -2.38. The zero-order valence-electron chi connectivity index (χ0n) is 14.2. The van der Waals surface area contributed by atoms with Crippen molar-refractivity contribution in [2.24, 2.45) is 5.92 Å². The molecule has 2 atom stereocenters. The molecule has 2 aromatic rings. The summed E-state index contributed by atoms with van der Waals surface area (Å²) in [6.07, 6.45) is 9.59. The fraction of sp³-hybridized carbons (Fsp3) is 0.529. The Labute approximate surface area is 142 Å². The average molecular weight is 325 g/mol. The van der Waals surface area contributed by atoms with E-state index in [1.165, 1.54) is 12.8 Å². The summed E-state index contributed by atoms with van der Waals surface area (Å²) in [4.78, 5) is 24.7. The fourth-order valence-electron chi connectivity index (χ4n) is 3.78. The largest absolute Gasteiger partial charge is 0.363 e. The van der Waals surface area contributed by atoms with E-state index in [4.69, 9.17) is 4.98 Å². The Morgan fingerprint density at radius 3 is 2.75 bits per heavy atom. The molecule has 0 aliphatic carbocycles. The van der Waals surface area contributed by atoms with Gasteiger partial charge in [0.15, 0.2) is 0 Å². The lowest BCUT2D eigenvalue weighted by molar-refractivity contribution is 0.387. The molecule has 2 unspecified atom stereocenters. The molecule has 4 rings (SSSR count). The minimum atomic E-state index is 0.443. The molecule has 0 bridgehead atoms. The Hall–Kier alpha value is -2.44. The van der Waals surface area contributed by atoms with E-state index >= 15 is 0 Å². The van der Waals surface area contributed by atoms with Gasteiger partial charge in [-0.15, -0.1) is 0 Å². The average Bonchev–Trinajstić information content (AvgIpc) is 3.05. The molecular weight excluding hydrogens is 302 g/mol. The summed E-state index contributed by atoms with van der Waals surface area (Å²) in [6.45, 7) is 3.03. The summed E-state index contributed by atoms with van der Waals surface area (Å²) in [7, 11) is 4.02. The van der Waals surface area contributed by atoms with Gasteiger partial charge in [0.2, 0.25) is 5.95 Å². The van der Waals surface area contributed by atoms with E-state index in [0.29, 0.717) is 12.0 Å². The van der Waals surface area contributed by atoms with Gasteiger partial charge in [0.1, 0.15) is 11.6 Å². The first-order valence-electron chi connectivity index (χ1n) is 8.50. The van der Waals surface area contributed by atoms with Crippen molar-refractivity contribution in [1.29, 1.82) is 0 Å². The van der Waals surface area contributed by atoms with Crippen molar-refractivity contribution in [2.75, 3.05) is 48.4 Å². The van der Waals surface area contributed by atoms with Crippen LogP contribution in [-0.4, -0.2) is 59.7 Å². The molecule has 2 aliphatic rings. The van der Waals surface area contributed by atoms with Gasteiger partial charge < -0.3 is 14.7 Å². The summed E-state index contributed by atoms with van der Waals surface area (Å²) in [6, 6.07) is 2.39. The van der Waals surface area contributed by atoms with Crippen LogP contribution in [0.15, 0.2) is 30.9 Å². The van der Waals surface area contributed by atoms with E-state index in [1.807, 2.05) is 37.5 Å². The maximum atomic E-state index is 4.74. The van der Waals surface area contributed by atoms with E-state index in [2.05, 4.69) is 24.8 Å². The standard InChI is InChI=1S/C17H23N7/c1-22(2)15-3-6-20-17(21-15)24-10-5-13-4-9-23(12-14(13)24)16-11-18-7-8-19-16/h3,6-8,11,13-14H,4-5,9-10,12H2,1-2H3. The molecule has 0 amide bonds. The molecule has 24 heavy (non-hydrogen) atoms. The predicted molar refractivity (Wildman–Crippen MR) is 94.5 cm³/mol. The van der Waals surface area contributed by atoms with Gasteiger partial charge in [0.25, 0.3) is 0 Å². The van der Waals surface area contributed by atoms with Crippen LogP contribution in [0.5, 0.6) is 0 Å². The van der Waals surface area contributed by atoms with E-state index < -0.39 is 0 Å². The molecule has 2 saturated heterocycles. The number of nitrogens with zero attached hydrogens (tertiary/aromatic N) is 7. The highest BCUT2D eigenvalue weighted by atomic mass is 15.3. The van der Waals surface area contributed by atoms with Crippen LogP contribution >= 0.6 is 0 Å². The Kier molecular flexibility index (Phi) is 3.92. The van der Waals surface area contributed by atoms with Crippen molar-refractivity contribution in [3.63, 3.8) is 0 Å². The van der Waals surface area contributed by atoms with Crippen molar-refractivity contribution in [3.05, 3.63) is 30.9 Å². The summed E-state index contributed by atoms with van der Waals surface area (Å²) >= 11 is 0. The van der Waals surface area contributed by atoms with Crippen molar-refractivity contribution in [2.45, 2.75) is 18.9 Å². The number of hydrogen-bond donors (Lipinski definition) is 0. The van der Waals surface area contributed by atoms with Crippen molar-refractivity contribution < 1.29 is 0 Å². The van der Waals surface area contributed by atoms with E-state index in [0.717, 1.165) is 37.2 Å². The molecule has 2 aliphatic heterocycles. The van der Waals surface area contributed by atoms with Gasteiger partial charge in [-0.1, -0.05) is 0 Å². The number of aromatic nitrogens is 4. The molecule has 4 heterocycles. The lowest BCUT2D eigenvalue weighted by Crippen LogP contribution is -2.49. The third-order valence-electron chi connectivity index (χ3n) is 5.08. The summed E-state index contributed by atoms with van der Waals surface area (Å²) < 4.78 is 0. The number of anilines is 3. The molecule has 7 heteroatoms. The van der Waals surface area contributed by atoms with Crippen LogP contribution in [-0.2, 0) is 0 Å². The quantitative estimate of drug-likeness (QED) is 0.846. The van der Waals surface area contributed by atoms with Crippen LogP contribution in [0.4, 0.5) is 17.6 Å². The maximum absolute atomic E-state index is 4.74. The molecule has 0 radical (unpaired) electrons. The first-order valence-corrected chi connectivity index (χ1v) is 8.50. The molecule has 0 N–H and O–H groups in total. The molecule has 126 valence electrons. The zero-order valence-corrected chi connectivity index (χ0v) is 14.2. The summed E-state index contributed by atoms with van der Waals surface area (Å²) in [5, 5.41) is 0. The molecule has 0 aromatic carbocycles. The number of hydrogen-bond acceptors (Lipinski definition) is 7. The Morgan fingerprint density at radius 1 is 1.08 bits per heavy atom. The Balaban J connectivity index is 1.57. The molecule has 0 spiro atoms. The second-order valence-corrected chi connectivity index (χ2v) is 6.72. The third kappa shape index (κ3) is 2.74. The van der Waals surface area contributed by atoms with Gasteiger partial charge in [0, 0.05) is 52.3 Å². The van der Waals surface area contributed by atoms with Crippen LogP contribution in [0.1, 0.15) is 12.8 Å². The highest BCUT2D eigenvalue weighted by Gasteiger charge is 2.40. The zero-order chi connectivity index (χ0) is 16.5. The van der Waals surface area contributed by atoms with Crippen LogP contribution in [0.25, 0.3) is 0 Å². The first kappa shape index (κ1) is 15.1. The topological polar surface area (TPSA) is 61.3 Å². The van der Waals surface area contributed by atoms with E-state index in [9.17, 15) is 0 Å². The van der Waals surface area contributed by atoms with E-state index in [1.54, 1.807) is 12.4 Å². The van der Waals surface area contributed by atoms with Gasteiger partial charge in [-0.3, -0.25) is 4.98 Å². The van der Waals surface area contributed by atoms with Crippen LogP contribution in [0.3, 0.4) is 0 Å². The molecule has 0 saturated carbocycles. The molecular formula is C17H23N7. The second kappa shape index (κ2) is 6.22. The number of fused-ring (bicyclic) bond motifs is 1. The van der Waals surface area contributed by atoms with Gasteiger partial charge >= 0.3 is 0 Å². The normalized spacial score (nSPS) is 23.2. The predicted octanol–water partition coefficient (Wildman–Crippen LogP) is 1.44. The monoisotopic (exact) mass is 325 g/mol. The van der Waals surface area contributed by atoms with E-state index in [-0.39, 0.29) is 0 Å². The second-order valence-electron chi connectivity index (χ2n) is 6.72. The van der Waals surface area contributed by atoms with Crippen LogP contribution in [0.2, 0.25) is 0 Å². The smallest absolute Gasteiger partial charge is 0.227 e. The molecule has 7 nitrogen and oxygen atoms in total. The van der Waals surface area contributed by atoms with Crippen LogP contribution in [0, 0.1) is 5.92 Å². The van der Waals surface area contributed by atoms with Gasteiger partial charge in [0.05, 0.1) is 12.2 Å². The first-order chi connectivity index (χ1) is 11.7. The van der Waals surface area contributed by atoms with Gasteiger partial charge in [-0.2, -0.15) is 4.98 Å². The fourth-order valence-corrected chi connectivity index (χ4v) is 3.78. The maximum Gasteiger partial charge on any atom is 0.227 e. The minimum absolute atomic E-state index is 0.443. The number of rotatable bonds is 3. The highest BCUT2D eigenvalue weighted by molar-refractivity contribution is 5.46. The molecule has 2 aromatic heterocycles. The number of piperidine rings is 1. The van der Waals surface area contributed by atoms with Crippen molar-refractivity contribution in [1.82, 2.24) is 19.9 Å². The van der Waals surface area contributed by atoms with Gasteiger partial charge in [-0.05, 0) is 24.8 Å². The van der Waals surface area contributed by atoms with Crippen LogP contribution < -0.4 is 14.7 Å². The van der Waals surface area contributed by atoms with Crippen molar-refractivity contribution in [3.8, 4) is 0 Å². The van der Waals surface area contributed by atoms with Crippen molar-refractivity contribution >= 4 is 17.6 Å². The molecule has 2 fully saturated rings. The minimum Gasteiger partial charge on any atom is -0.363 e. The summed E-state index contributed by atoms with van der Waals surface area (Å²) in [5.74, 6) is 3.47. The lowest BCUT2D eigenvalue weighted by atomic mass is 9.92. The summed E-state index contributed by atoms with van der Waals surface area (Å²) in [5.41, 5.74) is 0.